The van der Waals surface area contributed by atoms with Gasteiger partial charge in [0.05, 0.1) is 0 Å². The van der Waals surface area contributed by atoms with E-state index in [1.807, 2.05) is 29.8 Å². The summed E-state index contributed by atoms with van der Waals surface area (Å²) >= 11 is 0. The zero-order valence-electron chi connectivity index (χ0n) is 5.99. The molecule has 0 aliphatic heterocycles. The molecule has 52 valence electrons. The molecule has 2 heteroatoms. The largest absolute Gasteiger partial charge is 0.308 e. The molecule has 0 N–H and O–H groups in total. The van der Waals surface area contributed by atoms with Gasteiger partial charge in [-0.25, -0.2) is 4.98 Å². The molecule has 0 aliphatic rings. The van der Waals surface area contributed by atoms with E-state index in [0.717, 1.165) is 5.82 Å². The van der Waals surface area contributed by atoms with Gasteiger partial charge >= 0.3 is 0 Å². The van der Waals surface area contributed by atoms with Crippen molar-refractivity contribution >= 4 is 12.3 Å². The monoisotopic (exact) mass is 134 g/mol. The summed E-state index contributed by atoms with van der Waals surface area (Å²) < 4.78 is 1.86. The highest BCUT2D eigenvalue weighted by atomic mass is 15.0. The van der Waals surface area contributed by atoms with Crippen molar-refractivity contribution in [3.8, 4) is 0 Å². The van der Waals surface area contributed by atoms with Gasteiger partial charge in [-0.05, 0) is 13.0 Å². The normalized spacial score (nSPS) is 10.5. The van der Waals surface area contributed by atoms with Crippen LogP contribution in [0.25, 0.3) is 12.3 Å². The highest BCUT2D eigenvalue weighted by Crippen LogP contribution is 1.99. The molecule has 0 unspecified atom stereocenters. The topological polar surface area (TPSA) is 17.8 Å². The molecule has 0 bridgehead atoms. The minimum atomic E-state index is 0.914. The first-order chi connectivity index (χ1) is 4.88. The summed E-state index contributed by atoms with van der Waals surface area (Å²) in [4.78, 5) is 4.08. The molecule has 0 aromatic carbocycles. The average Bonchev–Trinajstić information content (AvgIpc) is 2.36. The molecule has 10 heavy (non-hydrogen) atoms. The van der Waals surface area contributed by atoms with E-state index in [9.17, 15) is 0 Å². The van der Waals surface area contributed by atoms with Crippen LogP contribution in [0.15, 0.2) is 25.0 Å². The third kappa shape index (κ3) is 1.16. The van der Waals surface area contributed by atoms with Crippen LogP contribution >= 0.6 is 0 Å². The van der Waals surface area contributed by atoms with Gasteiger partial charge in [-0.2, -0.15) is 0 Å². The maximum Gasteiger partial charge on any atom is 0.136 e. The van der Waals surface area contributed by atoms with Crippen molar-refractivity contribution < 1.29 is 0 Å². The standard InChI is InChI=1S/C8H10N2/c1-3-5-8-9-6-7-10(8)4-2/h3-7H,2H2,1H3/b5-3-. The van der Waals surface area contributed by atoms with Crippen molar-refractivity contribution in [1.82, 2.24) is 9.55 Å². The molecule has 1 aromatic heterocycles. The maximum atomic E-state index is 4.08. The summed E-state index contributed by atoms with van der Waals surface area (Å²) in [5.74, 6) is 0.914. The van der Waals surface area contributed by atoms with E-state index in [2.05, 4.69) is 11.6 Å². The van der Waals surface area contributed by atoms with Crippen molar-refractivity contribution in [2.45, 2.75) is 6.92 Å². The van der Waals surface area contributed by atoms with Gasteiger partial charge in [0, 0.05) is 18.6 Å². The highest BCUT2D eigenvalue weighted by molar-refractivity contribution is 5.43. The van der Waals surface area contributed by atoms with E-state index >= 15 is 0 Å². The van der Waals surface area contributed by atoms with Crippen molar-refractivity contribution in [2.75, 3.05) is 0 Å². The summed E-state index contributed by atoms with van der Waals surface area (Å²) in [6, 6.07) is 0. The summed E-state index contributed by atoms with van der Waals surface area (Å²) in [6.07, 6.45) is 9.21. The minimum Gasteiger partial charge on any atom is -0.308 e. The molecule has 0 spiro atoms. The molecule has 2 nitrogen and oxygen atoms in total. The van der Waals surface area contributed by atoms with E-state index in [1.165, 1.54) is 0 Å². The second-order valence-corrected chi connectivity index (χ2v) is 1.88. The van der Waals surface area contributed by atoms with Gasteiger partial charge in [0.2, 0.25) is 0 Å². The summed E-state index contributed by atoms with van der Waals surface area (Å²) in [5, 5.41) is 0. The zero-order chi connectivity index (χ0) is 7.40. The average molecular weight is 134 g/mol. The molecule has 0 amide bonds. The van der Waals surface area contributed by atoms with Crippen molar-refractivity contribution in [3.63, 3.8) is 0 Å². The predicted molar refractivity (Wildman–Crippen MR) is 43.3 cm³/mol. The lowest BCUT2D eigenvalue weighted by molar-refractivity contribution is 1.11. The van der Waals surface area contributed by atoms with Crippen LogP contribution in [0, 0.1) is 0 Å². The van der Waals surface area contributed by atoms with Crippen LogP contribution in [0.3, 0.4) is 0 Å². The second kappa shape index (κ2) is 3.01. The fourth-order valence-electron chi connectivity index (χ4n) is 0.757. The van der Waals surface area contributed by atoms with Crippen LogP contribution in [0.1, 0.15) is 12.7 Å². The molecule has 0 saturated carbocycles. The van der Waals surface area contributed by atoms with E-state index in [1.54, 1.807) is 12.4 Å². The molecular weight excluding hydrogens is 124 g/mol. The van der Waals surface area contributed by atoms with Gasteiger partial charge in [0.25, 0.3) is 0 Å². The summed E-state index contributed by atoms with van der Waals surface area (Å²) in [5.41, 5.74) is 0. The summed E-state index contributed by atoms with van der Waals surface area (Å²) in [6.45, 7) is 5.60. The van der Waals surface area contributed by atoms with Crippen molar-refractivity contribution in [1.29, 1.82) is 0 Å². The molecule has 0 radical (unpaired) electrons. The van der Waals surface area contributed by atoms with E-state index in [0.29, 0.717) is 0 Å². The molecule has 1 aromatic rings. The van der Waals surface area contributed by atoms with Gasteiger partial charge in [-0.15, -0.1) is 0 Å². The number of aromatic nitrogens is 2. The first-order valence-electron chi connectivity index (χ1n) is 3.16. The van der Waals surface area contributed by atoms with Gasteiger partial charge in [0.15, 0.2) is 0 Å². The molecule has 0 saturated heterocycles. The number of nitrogens with zero attached hydrogens (tertiary/aromatic N) is 2. The molecule has 0 atom stereocenters. The Kier molecular flexibility index (Phi) is 2.05. The van der Waals surface area contributed by atoms with E-state index < -0.39 is 0 Å². The number of rotatable bonds is 2. The quantitative estimate of drug-likeness (QED) is 0.605. The number of imidazole rings is 1. The Morgan fingerprint density at radius 2 is 2.50 bits per heavy atom. The maximum absolute atomic E-state index is 4.08. The summed E-state index contributed by atoms with van der Waals surface area (Å²) in [7, 11) is 0. The SMILES string of the molecule is C=Cn1ccnc1/C=C\C. The lowest BCUT2D eigenvalue weighted by atomic mass is 10.5. The Bertz CT molecular complexity index is 246. The lowest BCUT2D eigenvalue weighted by Crippen LogP contribution is -1.86. The first-order valence-corrected chi connectivity index (χ1v) is 3.16. The molecular formula is C8H10N2. The highest BCUT2D eigenvalue weighted by Gasteiger charge is 1.90. The van der Waals surface area contributed by atoms with Crippen LogP contribution < -0.4 is 0 Å². The molecule has 0 aliphatic carbocycles. The smallest absolute Gasteiger partial charge is 0.136 e. The Balaban J connectivity index is 3.00. The predicted octanol–water partition coefficient (Wildman–Crippen LogP) is 2.02. The Morgan fingerprint density at radius 1 is 1.70 bits per heavy atom. The third-order valence-electron chi connectivity index (χ3n) is 1.21. The Hall–Kier alpha value is -1.31. The van der Waals surface area contributed by atoms with Crippen LogP contribution in [0.5, 0.6) is 0 Å². The lowest BCUT2D eigenvalue weighted by Gasteiger charge is -1.92. The van der Waals surface area contributed by atoms with Gasteiger partial charge in [-0.3, -0.25) is 0 Å². The second-order valence-electron chi connectivity index (χ2n) is 1.88. The third-order valence-corrected chi connectivity index (χ3v) is 1.21. The molecule has 1 heterocycles. The van der Waals surface area contributed by atoms with Gasteiger partial charge < -0.3 is 4.57 Å². The first kappa shape index (κ1) is 6.81. The Labute approximate surface area is 60.5 Å². The molecule has 0 fully saturated rings. The van der Waals surface area contributed by atoms with Crippen LogP contribution in [0.4, 0.5) is 0 Å². The number of allylic oxidation sites excluding steroid dienone is 1. The zero-order valence-corrected chi connectivity index (χ0v) is 5.99. The molecule has 1 rings (SSSR count). The van der Waals surface area contributed by atoms with Crippen molar-refractivity contribution in [3.05, 3.63) is 30.9 Å². The van der Waals surface area contributed by atoms with Crippen LogP contribution in [0.2, 0.25) is 0 Å². The fraction of sp³-hybridized carbons (Fsp3) is 0.125. The minimum absolute atomic E-state index is 0.914. The number of hydrogen-bond donors (Lipinski definition) is 0. The van der Waals surface area contributed by atoms with Gasteiger partial charge in [0.1, 0.15) is 5.82 Å². The van der Waals surface area contributed by atoms with Crippen molar-refractivity contribution in [2.24, 2.45) is 0 Å². The van der Waals surface area contributed by atoms with E-state index in [4.69, 9.17) is 0 Å². The van der Waals surface area contributed by atoms with Crippen LogP contribution in [-0.2, 0) is 0 Å². The van der Waals surface area contributed by atoms with Crippen LogP contribution in [-0.4, -0.2) is 9.55 Å². The van der Waals surface area contributed by atoms with Gasteiger partial charge in [-0.1, -0.05) is 12.7 Å². The number of hydrogen-bond acceptors (Lipinski definition) is 1. The fourth-order valence-corrected chi connectivity index (χ4v) is 0.757. The Morgan fingerprint density at radius 3 is 3.10 bits per heavy atom. The van der Waals surface area contributed by atoms with E-state index in [-0.39, 0.29) is 0 Å².